The van der Waals surface area contributed by atoms with E-state index >= 15 is 0 Å². The number of hydrogen-bond donors (Lipinski definition) is 2. The van der Waals surface area contributed by atoms with Crippen molar-refractivity contribution in [2.75, 3.05) is 25.1 Å². The van der Waals surface area contributed by atoms with E-state index in [0.29, 0.717) is 5.96 Å². The van der Waals surface area contributed by atoms with Gasteiger partial charge in [0, 0.05) is 30.9 Å². The lowest BCUT2D eigenvalue weighted by Crippen LogP contribution is -2.60. The van der Waals surface area contributed by atoms with Crippen LogP contribution in [0.25, 0.3) is 0 Å². The minimum Gasteiger partial charge on any atom is -0.381 e. The minimum absolute atomic E-state index is 0.103. The molecule has 2 atom stereocenters. The Morgan fingerprint density at radius 1 is 1.38 bits per heavy atom. The summed E-state index contributed by atoms with van der Waals surface area (Å²) in [6.07, 6.45) is 4.25. The molecular formula is C19H29N3O2. The van der Waals surface area contributed by atoms with Crippen LogP contribution < -0.4 is 11.1 Å². The molecule has 2 aliphatic rings. The van der Waals surface area contributed by atoms with Crippen molar-refractivity contribution in [3.63, 3.8) is 0 Å². The fourth-order valence-corrected chi connectivity index (χ4v) is 3.97. The van der Waals surface area contributed by atoms with Gasteiger partial charge in [0.15, 0.2) is 5.96 Å². The van der Waals surface area contributed by atoms with Crippen LogP contribution in [0.1, 0.15) is 38.7 Å². The lowest BCUT2D eigenvalue weighted by molar-refractivity contribution is -0.163. The molecule has 1 aliphatic carbocycles. The maximum Gasteiger partial charge on any atom is 0.193 e. The van der Waals surface area contributed by atoms with Crippen molar-refractivity contribution in [3.8, 4) is 0 Å². The molecule has 1 saturated carbocycles. The van der Waals surface area contributed by atoms with Gasteiger partial charge in [-0.15, -0.1) is 0 Å². The van der Waals surface area contributed by atoms with Crippen molar-refractivity contribution in [2.24, 2.45) is 16.1 Å². The van der Waals surface area contributed by atoms with Crippen LogP contribution in [0.2, 0.25) is 0 Å². The largest absolute Gasteiger partial charge is 0.381 e. The van der Waals surface area contributed by atoms with E-state index in [-0.39, 0.29) is 17.6 Å². The van der Waals surface area contributed by atoms with Crippen LogP contribution in [0.4, 0.5) is 5.69 Å². The first-order valence-electron chi connectivity index (χ1n) is 9.06. The fraction of sp³-hybridized carbons (Fsp3) is 0.632. The second-order valence-electron chi connectivity index (χ2n) is 6.73. The first kappa shape index (κ1) is 17.2. The Kier molecular flexibility index (Phi) is 5.41. The molecule has 2 fully saturated rings. The summed E-state index contributed by atoms with van der Waals surface area (Å²) in [6, 6.07) is 8.53. The molecule has 3 rings (SSSR count). The molecule has 24 heavy (non-hydrogen) atoms. The highest BCUT2D eigenvalue weighted by Crippen LogP contribution is 2.52. The zero-order valence-electron chi connectivity index (χ0n) is 14.8. The summed E-state index contributed by atoms with van der Waals surface area (Å²) in [6.45, 7) is 6.54. The number of aliphatic imine (C=N–C) groups is 1. The molecular weight excluding hydrogens is 302 g/mol. The standard InChI is InChI=1S/C19H29N3O2/c1-3-14-6-5-7-15(12-14)21-18(20)22-16-13-17(24-4-2)19(16)8-10-23-11-9-19/h5-7,12,16-17H,3-4,8-11,13H2,1-2H3,(H3,20,21,22). The SMILES string of the molecule is CCOC1CC(N=C(N)Nc2cccc(CC)c2)C12CCOCC2. The molecule has 1 spiro atoms. The van der Waals surface area contributed by atoms with E-state index in [1.807, 2.05) is 12.1 Å². The Morgan fingerprint density at radius 2 is 2.17 bits per heavy atom. The predicted molar refractivity (Wildman–Crippen MR) is 97.4 cm³/mol. The number of aryl methyl sites for hydroxylation is 1. The molecule has 1 heterocycles. The molecule has 0 bridgehead atoms. The fourth-order valence-electron chi connectivity index (χ4n) is 3.97. The van der Waals surface area contributed by atoms with Crippen molar-refractivity contribution in [1.82, 2.24) is 0 Å². The number of nitrogens with one attached hydrogen (secondary N) is 1. The van der Waals surface area contributed by atoms with Gasteiger partial charge in [0.25, 0.3) is 0 Å². The highest BCUT2D eigenvalue weighted by Gasteiger charge is 2.56. The first-order chi connectivity index (χ1) is 11.7. The number of nitrogens with zero attached hydrogens (tertiary/aromatic N) is 1. The van der Waals surface area contributed by atoms with Crippen LogP contribution >= 0.6 is 0 Å². The third-order valence-corrected chi connectivity index (χ3v) is 5.44. The summed E-state index contributed by atoms with van der Waals surface area (Å²) in [4.78, 5) is 4.79. The number of guanidine groups is 1. The summed E-state index contributed by atoms with van der Waals surface area (Å²) >= 11 is 0. The van der Waals surface area contributed by atoms with Crippen LogP contribution in [0.5, 0.6) is 0 Å². The lowest BCUT2D eigenvalue weighted by Gasteiger charge is -2.55. The van der Waals surface area contributed by atoms with Gasteiger partial charge in [0.1, 0.15) is 0 Å². The topological polar surface area (TPSA) is 68.9 Å². The summed E-state index contributed by atoms with van der Waals surface area (Å²) < 4.78 is 11.5. The third-order valence-electron chi connectivity index (χ3n) is 5.44. The van der Waals surface area contributed by atoms with Gasteiger partial charge >= 0.3 is 0 Å². The van der Waals surface area contributed by atoms with E-state index in [9.17, 15) is 0 Å². The van der Waals surface area contributed by atoms with Gasteiger partial charge < -0.3 is 20.5 Å². The summed E-state index contributed by atoms with van der Waals surface area (Å²) in [5.74, 6) is 0.495. The van der Waals surface area contributed by atoms with E-state index in [1.165, 1.54) is 5.56 Å². The van der Waals surface area contributed by atoms with Crippen molar-refractivity contribution < 1.29 is 9.47 Å². The van der Waals surface area contributed by atoms with E-state index < -0.39 is 0 Å². The summed E-state index contributed by atoms with van der Waals surface area (Å²) in [5.41, 5.74) is 8.57. The molecule has 1 aromatic carbocycles. The van der Waals surface area contributed by atoms with Gasteiger partial charge in [0.05, 0.1) is 12.1 Å². The molecule has 1 aromatic rings. The Labute approximate surface area is 144 Å². The second kappa shape index (κ2) is 7.53. The number of rotatable bonds is 5. The highest BCUT2D eigenvalue weighted by molar-refractivity contribution is 5.92. The van der Waals surface area contributed by atoms with Crippen LogP contribution in [0.15, 0.2) is 29.3 Å². The van der Waals surface area contributed by atoms with Gasteiger partial charge in [-0.1, -0.05) is 19.1 Å². The van der Waals surface area contributed by atoms with Crippen molar-refractivity contribution in [1.29, 1.82) is 0 Å². The molecule has 2 unspecified atom stereocenters. The highest BCUT2D eigenvalue weighted by atomic mass is 16.5. The number of anilines is 1. The van der Waals surface area contributed by atoms with Gasteiger partial charge in [-0.05, 0) is 50.3 Å². The van der Waals surface area contributed by atoms with Gasteiger partial charge in [0.2, 0.25) is 0 Å². The maximum atomic E-state index is 6.18. The van der Waals surface area contributed by atoms with E-state index in [1.54, 1.807) is 0 Å². The van der Waals surface area contributed by atoms with Crippen LogP contribution in [0.3, 0.4) is 0 Å². The normalized spacial score (nSPS) is 26.2. The smallest absolute Gasteiger partial charge is 0.193 e. The zero-order valence-corrected chi connectivity index (χ0v) is 14.8. The molecule has 1 saturated heterocycles. The Balaban J connectivity index is 1.69. The molecule has 0 radical (unpaired) electrons. The van der Waals surface area contributed by atoms with Gasteiger partial charge in [-0.3, -0.25) is 0 Å². The molecule has 5 heteroatoms. The number of nitrogens with two attached hydrogens (primary N) is 1. The average molecular weight is 331 g/mol. The Hall–Kier alpha value is -1.59. The third kappa shape index (κ3) is 3.42. The Morgan fingerprint density at radius 3 is 2.88 bits per heavy atom. The second-order valence-corrected chi connectivity index (χ2v) is 6.73. The Bertz CT molecular complexity index is 582. The monoisotopic (exact) mass is 331 g/mol. The predicted octanol–water partition coefficient (Wildman–Crippen LogP) is 2.95. The van der Waals surface area contributed by atoms with E-state index in [0.717, 1.165) is 51.2 Å². The van der Waals surface area contributed by atoms with Crippen LogP contribution in [0, 0.1) is 5.41 Å². The zero-order chi connectivity index (χ0) is 17.0. The first-order valence-corrected chi connectivity index (χ1v) is 9.06. The van der Waals surface area contributed by atoms with Crippen molar-refractivity contribution >= 4 is 11.6 Å². The molecule has 0 amide bonds. The average Bonchev–Trinajstić information content (AvgIpc) is 2.61. The quantitative estimate of drug-likeness (QED) is 0.643. The molecule has 132 valence electrons. The van der Waals surface area contributed by atoms with Gasteiger partial charge in [-0.2, -0.15) is 0 Å². The molecule has 3 N–H and O–H groups in total. The maximum absolute atomic E-state index is 6.18. The lowest BCUT2D eigenvalue weighted by atomic mass is 9.58. The van der Waals surface area contributed by atoms with Crippen LogP contribution in [-0.2, 0) is 15.9 Å². The number of ether oxygens (including phenoxy) is 2. The summed E-state index contributed by atoms with van der Waals surface area (Å²) in [5, 5.41) is 3.24. The van der Waals surface area contributed by atoms with Crippen LogP contribution in [-0.4, -0.2) is 37.9 Å². The van der Waals surface area contributed by atoms with Crippen molar-refractivity contribution in [2.45, 2.75) is 51.7 Å². The van der Waals surface area contributed by atoms with E-state index in [2.05, 4.69) is 31.3 Å². The molecule has 5 nitrogen and oxygen atoms in total. The number of benzene rings is 1. The van der Waals surface area contributed by atoms with Crippen molar-refractivity contribution in [3.05, 3.63) is 29.8 Å². The molecule has 1 aliphatic heterocycles. The van der Waals surface area contributed by atoms with E-state index in [4.69, 9.17) is 20.2 Å². The minimum atomic E-state index is 0.103. The number of hydrogen-bond acceptors (Lipinski definition) is 3. The summed E-state index contributed by atoms with van der Waals surface area (Å²) in [7, 11) is 0. The van der Waals surface area contributed by atoms with Gasteiger partial charge in [-0.25, -0.2) is 4.99 Å². The molecule has 0 aromatic heterocycles.